The topological polar surface area (TPSA) is 46.6 Å². The summed E-state index contributed by atoms with van der Waals surface area (Å²) in [6, 6.07) is 15.1. The van der Waals surface area contributed by atoms with Gasteiger partial charge >= 0.3 is 0 Å². The van der Waals surface area contributed by atoms with Crippen molar-refractivity contribution in [2.45, 2.75) is 30.4 Å². The molecule has 0 aromatic heterocycles. The maximum atomic E-state index is 14.2. The Morgan fingerprint density at radius 2 is 1.76 bits per heavy atom. The highest BCUT2D eigenvalue weighted by molar-refractivity contribution is 7.86. The van der Waals surface area contributed by atoms with Crippen LogP contribution in [0.2, 0.25) is 0 Å². The first-order chi connectivity index (χ1) is 11.8. The molecule has 3 rings (SSSR count). The number of likely N-dealkylation sites (tertiary alicyclic amines) is 1. The lowest BCUT2D eigenvalue weighted by Crippen LogP contribution is -2.35. The lowest BCUT2D eigenvalue weighted by Gasteiger charge is -2.17. The van der Waals surface area contributed by atoms with Crippen molar-refractivity contribution in [1.29, 1.82) is 0 Å². The van der Waals surface area contributed by atoms with Crippen LogP contribution in [0.5, 0.6) is 0 Å². The van der Waals surface area contributed by atoms with E-state index in [9.17, 15) is 17.2 Å². The van der Waals surface area contributed by atoms with E-state index in [-0.39, 0.29) is 11.4 Å². The van der Waals surface area contributed by atoms with Crippen molar-refractivity contribution in [2.24, 2.45) is 0 Å². The molecule has 0 aliphatic carbocycles. The van der Waals surface area contributed by atoms with Crippen LogP contribution >= 0.6 is 0 Å². The highest BCUT2D eigenvalue weighted by Gasteiger charge is 2.51. The normalized spacial score (nSPS) is 20.7. The van der Waals surface area contributed by atoms with Crippen molar-refractivity contribution >= 4 is 10.1 Å². The summed E-state index contributed by atoms with van der Waals surface area (Å²) in [4.78, 5) is 1.39. The predicted octanol–water partition coefficient (Wildman–Crippen LogP) is 3.22. The standard InChI is InChI=1S/C18H19F2NO3S/c1-14-7-9-16(10-8-14)25(22,23)24-17-12-21(13-18(17,19)20)11-15-5-3-2-4-6-15/h2-10,17H,11-13H2,1H3. The second-order valence-corrected chi connectivity index (χ2v) is 7.84. The van der Waals surface area contributed by atoms with Gasteiger partial charge in [0.2, 0.25) is 0 Å². The van der Waals surface area contributed by atoms with Gasteiger partial charge in [-0.25, -0.2) is 8.78 Å². The van der Waals surface area contributed by atoms with Gasteiger partial charge in [0.05, 0.1) is 11.4 Å². The van der Waals surface area contributed by atoms with E-state index in [2.05, 4.69) is 0 Å². The van der Waals surface area contributed by atoms with Crippen molar-refractivity contribution in [1.82, 2.24) is 4.90 Å². The number of hydrogen-bond acceptors (Lipinski definition) is 4. The van der Waals surface area contributed by atoms with Crippen LogP contribution in [0, 0.1) is 6.92 Å². The van der Waals surface area contributed by atoms with Crippen molar-refractivity contribution < 1.29 is 21.4 Å². The summed E-state index contributed by atoms with van der Waals surface area (Å²) in [5.74, 6) is -3.23. The van der Waals surface area contributed by atoms with Crippen LogP contribution < -0.4 is 0 Å². The third kappa shape index (κ3) is 4.23. The molecule has 0 spiro atoms. The van der Waals surface area contributed by atoms with E-state index >= 15 is 0 Å². The van der Waals surface area contributed by atoms with Crippen LogP contribution in [0.4, 0.5) is 8.78 Å². The second-order valence-electron chi connectivity index (χ2n) is 6.27. The van der Waals surface area contributed by atoms with Gasteiger partial charge in [0.15, 0.2) is 6.10 Å². The SMILES string of the molecule is Cc1ccc(S(=O)(=O)OC2CN(Cc3ccccc3)CC2(F)F)cc1. The van der Waals surface area contributed by atoms with Crippen LogP contribution in [-0.4, -0.2) is 38.4 Å². The molecule has 2 aromatic carbocycles. The molecule has 1 heterocycles. The molecule has 1 fully saturated rings. The summed E-state index contributed by atoms with van der Waals surface area (Å²) in [6.45, 7) is 1.45. The minimum atomic E-state index is -4.23. The van der Waals surface area contributed by atoms with Gasteiger partial charge in [-0.3, -0.25) is 9.08 Å². The first-order valence-corrected chi connectivity index (χ1v) is 9.31. The van der Waals surface area contributed by atoms with Gasteiger partial charge in [0.1, 0.15) is 0 Å². The Morgan fingerprint density at radius 1 is 1.12 bits per heavy atom. The van der Waals surface area contributed by atoms with E-state index in [0.29, 0.717) is 6.54 Å². The maximum absolute atomic E-state index is 14.2. The van der Waals surface area contributed by atoms with Gasteiger partial charge in [0, 0.05) is 13.1 Å². The van der Waals surface area contributed by atoms with Crippen LogP contribution in [0.25, 0.3) is 0 Å². The fourth-order valence-electron chi connectivity index (χ4n) is 2.81. The van der Waals surface area contributed by atoms with Crippen LogP contribution in [-0.2, 0) is 20.8 Å². The molecule has 0 N–H and O–H groups in total. The van der Waals surface area contributed by atoms with Crippen LogP contribution in [0.15, 0.2) is 59.5 Å². The zero-order chi connectivity index (χ0) is 18.1. The number of nitrogens with zero attached hydrogens (tertiary/aromatic N) is 1. The average Bonchev–Trinajstić information content (AvgIpc) is 2.81. The minimum Gasteiger partial charge on any atom is -0.290 e. The fraction of sp³-hybridized carbons (Fsp3) is 0.333. The Kier molecular flexibility index (Phi) is 4.90. The molecule has 0 radical (unpaired) electrons. The molecule has 4 nitrogen and oxygen atoms in total. The van der Waals surface area contributed by atoms with Crippen molar-refractivity contribution in [3.8, 4) is 0 Å². The predicted molar refractivity (Wildman–Crippen MR) is 89.9 cm³/mol. The number of hydrogen-bond donors (Lipinski definition) is 0. The van der Waals surface area contributed by atoms with E-state index in [1.807, 2.05) is 37.3 Å². The summed E-state index contributed by atoms with van der Waals surface area (Å²) < 4.78 is 57.9. The largest absolute Gasteiger partial charge is 0.297 e. The van der Waals surface area contributed by atoms with Crippen molar-refractivity contribution in [3.05, 3.63) is 65.7 Å². The van der Waals surface area contributed by atoms with E-state index < -0.39 is 28.7 Å². The number of halogens is 2. The molecule has 0 amide bonds. The third-order valence-corrected chi connectivity index (χ3v) is 5.47. The van der Waals surface area contributed by atoms with Crippen LogP contribution in [0.1, 0.15) is 11.1 Å². The molecule has 25 heavy (non-hydrogen) atoms. The summed E-state index contributed by atoms with van der Waals surface area (Å²) in [7, 11) is -4.23. The Hall–Kier alpha value is -1.83. The van der Waals surface area contributed by atoms with Gasteiger partial charge in [-0.15, -0.1) is 0 Å². The van der Waals surface area contributed by atoms with Crippen LogP contribution in [0.3, 0.4) is 0 Å². The first kappa shape index (κ1) is 18.0. The quantitative estimate of drug-likeness (QED) is 0.762. The molecular weight excluding hydrogens is 348 g/mol. The average molecular weight is 367 g/mol. The Labute approximate surface area is 146 Å². The summed E-state index contributed by atoms with van der Waals surface area (Å²) >= 11 is 0. The highest BCUT2D eigenvalue weighted by atomic mass is 32.2. The molecule has 1 saturated heterocycles. The molecule has 1 aliphatic heterocycles. The Balaban J connectivity index is 1.72. The third-order valence-electron chi connectivity index (χ3n) is 4.13. The minimum absolute atomic E-state index is 0.115. The molecular formula is C18H19F2NO3S. The van der Waals surface area contributed by atoms with Gasteiger partial charge in [-0.2, -0.15) is 8.42 Å². The monoisotopic (exact) mass is 367 g/mol. The number of benzene rings is 2. The smallest absolute Gasteiger partial charge is 0.290 e. The fourth-order valence-corrected chi connectivity index (χ4v) is 3.90. The molecule has 0 bridgehead atoms. The lowest BCUT2D eigenvalue weighted by atomic mass is 10.2. The number of aryl methyl sites for hydroxylation is 1. The summed E-state index contributed by atoms with van der Waals surface area (Å²) in [5.41, 5.74) is 1.76. The lowest BCUT2D eigenvalue weighted by molar-refractivity contribution is -0.0599. The maximum Gasteiger partial charge on any atom is 0.297 e. The number of rotatable bonds is 5. The zero-order valence-electron chi connectivity index (χ0n) is 13.7. The summed E-state index contributed by atoms with van der Waals surface area (Å²) in [6.07, 6.45) is -1.69. The summed E-state index contributed by atoms with van der Waals surface area (Å²) in [5, 5.41) is 0. The zero-order valence-corrected chi connectivity index (χ0v) is 14.5. The van der Waals surface area contributed by atoms with Gasteiger partial charge < -0.3 is 0 Å². The molecule has 2 aromatic rings. The highest BCUT2D eigenvalue weighted by Crippen LogP contribution is 2.33. The van der Waals surface area contributed by atoms with Gasteiger partial charge in [-0.1, -0.05) is 48.0 Å². The van der Waals surface area contributed by atoms with E-state index in [0.717, 1.165) is 11.1 Å². The molecule has 1 aliphatic rings. The first-order valence-electron chi connectivity index (χ1n) is 7.90. The second kappa shape index (κ2) is 6.82. The molecule has 134 valence electrons. The van der Waals surface area contributed by atoms with E-state index in [1.165, 1.54) is 17.0 Å². The van der Waals surface area contributed by atoms with E-state index in [4.69, 9.17) is 4.18 Å². The number of alkyl halides is 2. The molecule has 1 atom stereocenters. The van der Waals surface area contributed by atoms with Crippen molar-refractivity contribution in [2.75, 3.05) is 13.1 Å². The Morgan fingerprint density at radius 3 is 2.40 bits per heavy atom. The molecule has 1 unspecified atom stereocenters. The molecule has 7 heteroatoms. The van der Waals surface area contributed by atoms with Gasteiger partial charge in [0.25, 0.3) is 16.0 Å². The van der Waals surface area contributed by atoms with Gasteiger partial charge in [-0.05, 0) is 24.6 Å². The van der Waals surface area contributed by atoms with Crippen molar-refractivity contribution in [3.63, 3.8) is 0 Å². The molecule has 0 saturated carbocycles. The Bertz CT molecular complexity index is 823. The van der Waals surface area contributed by atoms with E-state index in [1.54, 1.807) is 12.1 Å².